The van der Waals surface area contributed by atoms with Gasteiger partial charge in [-0.3, -0.25) is 0 Å². The molecule has 68 valence electrons. The van der Waals surface area contributed by atoms with E-state index in [2.05, 4.69) is 29.4 Å². The van der Waals surface area contributed by atoms with Crippen LogP contribution in [0.3, 0.4) is 0 Å². The Hall–Kier alpha value is -0.970. The van der Waals surface area contributed by atoms with Gasteiger partial charge in [0.1, 0.15) is 0 Å². The summed E-state index contributed by atoms with van der Waals surface area (Å²) >= 11 is 0. The van der Waals surface area contributed by atoms with Crippen LogP contribution in [-0.4, -0.2) is 31.9 Å². The minimum atomic E-state index is 0.0957. The standard InChI is InChI=1S/C7H14N4O/c1-6(2)5-11-7(3-4-12)8-9-10-11/h6,12H,3-5H2,1-2H3. The summed E-state index contributed by atoms with van der Waals surface area (Å²) < 4.78 is 1.74. The van der Waals surface area contributed by atoms with Crippen molar-refractivity contribution in [3.8, 4) is 0 Å². The van der Waals surface area contributed by atoms with Gasteiger partial charge in [0, 0.05) is 13.0 Å². The summed E-state index contributed by atoms with van der Waals surface area (Å²) in [5.74, 6) is 1.28. The van der Waals surface area contributed by atoms with Crippen LogP contribution >= 0.6 is 0 Å². The number of hydrogen-bond donors (Lipinski definition) is 1. The van der Waals surface area contributed by atoms with Crippen molar-refractivity contribution in [2.24, 2.45) is 5.92 Å². The first-order valence-electron chi connectivity index (χ1n) is 4.10. The smallest absolute Gasteiger partial charge is 0.153 e. The highest BCUT2D eigenvalue weighted by Crippen LogP contribution is 1.99. The van der Waals surface area contributed by atoms with Crippen molar-refractivity contribution in [1.82, 2.24) is 20.2 Å². The highest BCUT2D eigenvalue weighted by Gasteiger charge is 2.05. The Balaban J connectivity index is 2.63. The monoisotopic (exact) mass is 170 g/mol. The number of rotatable bonds is 4. The topological polar surface area (TPSA) is 63.8 Å². The highest BCUT2D eigenvalue weighted by molar-refractivity contribution is 4.80. The first-order chi connectivity index (χ1) is 5.74. The molecule has 0 saturated heterocycles. The molecule has 0 unspecified atom stereocenters. The molecule has 5 nitrogen and oxygen atoms in total. The molecule has 0 atom stereocenters. The van der Waals surface area contributed by atoms with E-state index in [1.54, 1.807) is 4.68 Å². The molecule has 0 aliphatic rings. The number of nitrogens with zero attached hydrogens (tertiary/aromatic N) is 4. The van der Waals surface area contributed by atoms with E-state index < -0.39 is 0 Å². The molecule has 12 heavy (non-hydrogen) atoms. The Morgan fingerprint density at radius 3 is 2.83 bits per heavy atom. The number of tetrazole rings is 1. The molecule has 5 heteroatoms. The van der Waals surface area contributed by atoms with Crippen LogP contribution < -0.4 is 0 Å². The van der Waals surface area contributed by atoms with Crippen molar-refractivity contribution in [2.75, 3.05) is 6.61 Å². The lowest BCUT2D eigenvalue weighted by Crippen LogP contribution is -2.11. The van der Waals surface area contributed by atoms with Gasteiger partial charge in [0.15, 0.2) is 5.82 Å². The maximum Gasteiger partial charge on any atom is 0.153 e. The average Bonchev–Trinajstić information content (AvgIpc) is 2.37. The normalized spacial score (nSPS) is 11.0. The lowest BCUT2D eigenvalue weighted by atomic mass is 10.2. The van der Waals surface area contributed by atoms with E-state index in [0.717, 1.165) is 12.4 Å². The van der Waals surface area contributed by atoms with E-state index in [1.807, 2.05) is 0 Å². The fourth-order valence-corrected chi connectivity index (χ4v) is 0.990. The van der Waals surface area contributed by atoms with Gasteiger partial charge in [-0.05, 0) is 16.3 Å². The van der Waals surface area contributed by atoms with Crippen LogP contribution in [0.5, 0.6) is 0 Å². The third kappa shape index (κ3) is 2.27. The van der Waals surface area contributed by atoms with E-state index in [0.29, 0.717) is 12.3 Å². The maximum absolute atomic E-state index is 8.69. The molecule has 1 rings (SSSR count). The van der Waals surface area contributed by atoms with Gasteiger partial charge in [0.25, 0.3) is 0 Å². The Labute approximate surface area is 71.4 Å². The van der Waals surface area contributed by atoms with Gasteiger partial charge >= 0.3 is 0 Å². The third-order valence-electron chi connectivity index (χ3n) is 1.48. The second-order valence-corrected chi connectivity index (χ2v) is 3.14. The molecule has 0 fully saturated rings. The second kappa shape index (κ2) is 4.15. The summed E-state index contributed by atoms with van der Waals surface area (Å²) in [5.41, 5.74) is 0. The Morgan fingerprint density at radius 1 is 1.50 bits per heavy atom. The molecular weight excluding hydrogens is 156 g/mol. The van der Waals surface area contributed by atoms with Crippen molar-refractivity contribution in [3.05, 3.63) is 5.82 Å². The van der Waals surface area contributed by atoms with Crippen LogP contribution in [0.4, 0.5) is 0 Å². The quantitative estimate of drug-likeness (QED) is 0.683. The Kier molecular flexibility index (Phi) is 3.16. The summed E-state index contributed by atoms with van der Waals surface area (Å²) in [6.07, 6.45) is 0.528. The van der Waals surface area contributed by atoms with E-state index >= 15 is 0 Å². The molecule has 0 spiro atoms. The molecule has 1 N–H and O–H groups in total. The van der Waals surface area contributed by atoms with E-state index in [4.69, 9.17) is 5.11 Å². The molecule has 0 bridgehead atoms. The molecule has 0 aliphatic heterocycles. The predicted molar refractivity (Wildman–Crippen MR) is 43.4 cm³/mol. The minimum absolute atomic E-state index is 0.0957. The number of aliphatic hydroxyl groups excluding tert-OH is 1. The van der Waals surface area contributed by atoms with Gasteiger partial charge < -0.3 is 5.11 Å². The van der Waals surface area contributed by atoms with E-state index in [-0.39, 0.29) is 6.61 Å². The third-order valence-corrected chi connectivity index (χ3v) is 1.48. The van der Waals surface area contributed by atoms with Gasteiger partial charge in [-0.2, -0.15) is 0 Å². The molecule has 0 saturated carbocycles. The average molecular weight is 170 g/mol. The molecule has 0 amide bonds. The zero-order valence-electron chi connectivity index (χ0n) is 7.43. The van der Waals surface area contributed by atoms with Gasteiger partial charge in [-0.15, -0.1) is 5.10 Å². The first-order valence-corrected chi connectivity index (χ1v) is 4.10. The molecule has 0 aliphatic carbocycles. The molecular formula is C7H14N4O. The van der Waals surface area contributed by atoms with Crippen LogP contribution in [0.25, 0.3) is 0 Å². The predicted octanol–water partition coefficient (Wildman–Crippen LogP) is -0.136. The lowest BCUT2D eigenvalue weighted by Gasteiger charge is -2.05. The van der Waals surface area contributed by atoms with Gasteiger partial charge in [-0.25, -0.2) is 4.68 Å². The summed E-state index contributed by atoms with van der Waals surface area (Å²) in [7, 11) is 0. The van der Waals surface area contributed by atoms with Crippen molar-refractivity contribution < 1.29 is 5.11 Å². The van der Waals surface area contributed by atoms with Crippen LogP contribution in [0.15, 0.2) is 0 Å². The fourth-order valence-electron chi connectivity index (χ4n) is 0.990. The second-order valence-electron chi connectivity index (χ2n) is 3.14. The van der Waals surface area contributed by atoms with Crippen molar-refractivity contribution in [2.45, 2.75) is 26.8 Å². The van der Waals surface area contributed by atoms with E-state index in [9.17, 15) is 0 Å². The SMILES string of the molecule is CC(C)Cn1nnnc1CCO. The lowest BCUT2D eigenvalue weighted by molar-refractivity contribution is 0.292. The highest BCUT2D eigenvalue weighted by atomic mass is 16.3. The number of aliphatic hydroxyl groups is 1. The minimum Gasteiger partial charge on any atom is -0.396 e. The molecule has 0 radical (unpaired) electrons. The van der Waals surface area contributed by atoms with Crippen LogP contribution in [0.2, 0.25) is 0 Å². The molecule has 1 heterocycles. The maximum atomic E-state index is 8.69. The van der Waals surface area contributed by atoms with Gasteiger partial charge in [-0.1, -0.05) is 13.8 Å². The Bertz CT molecular complexity index is 233. The first kappa shape index (κ1) is 9.12. The fraction of sp³-hybridized carbons (Fsp3) is 0.857. The summed E-state index contributed by atoms with van der Waals surface area (Å²) in [5, 5.41) is 19.9. The Morgan fingerprint density at radius 2 is 2.25 bits per heavy atom. The molecule has 1 aromatic rings. The largest absolute Gasteiger partial charge is 0.396 e. The van der Waals surface area contributed by atoms with Gasteiger partial charge in [0.05, 0.1) is 6.61 Å². The number of aromatic nitrogens is 4. The zero-order valence-corrected chi connectivity index (χ0v) is 7.43. The summed E-state index contributed by atoms with van der Waals surface area (Å²) in [6, 6.07) is 0. The van der Waals surface area contributed by atoms with E-state index in [1.165, 1.54) is 0 Å². The molecule has 0 aromatic carbocycles. The van der Waals surface area contributed by atoms with Gasteiger partial charge in [0.2, 0.25) is 0 Å². The van der Waals surface area contributed by atoms with Crippen molar-refractivity contribution in [3.63, 3.8) is 0 Å². The van der Waals surface area contributed by atoms with Crippen LogP contribution in [-0.2, 0) is 13.0 Å². The van der Waals surface area contributed by atoms with Crippen molar-refractivity contribution in [1.29, 1.82) is 0 Å². The molecule has 1 aromatic heterocycles. The van der Waals surface area contributed by atoms with Crippen molar-refractivity contribution >= 4 is 0 Å². The zero-order chi connectivity index (χ0) is 8.97. The summed E-state index contributed by atoms with van der Waals surface area (Å²) in [4.78, 5) is 0. The van der Waals surface area contributed by atoms with Crippen LogP contribution in [0, 0.1) is 5.92 Å². The number of hydrogen-bond acceptors (Lipinski definition) is 4. The van der Waals surface area contributed by atoms with Crippen LogP contribution in [0.1, 0.15) is 19.7 Å². The summed E-state index contributed by atoms with van der Waals surface area (Å²) in [6.45, 7) is 5.11.